The van der Waals surface area contributed by atoms with Gasteiger partial charge in [0.2, 0.25) is 5.91 Å². The van der Waals surface area contributed by atoms with E-state index < -0.39 is 0 Å². The predicted octanol–water partition coefficient (Wildman–Crippen LogP) is 2.79. The van der Waals surface area contributed by atoms with Gasteiger partial charge in [-0.3, -0.25) is 10.1 Å². The molecule has 1 aliphatic rings. The Morgan fingerprint density at radius 1 is 1.38 bits per heavy atom. The van der Waals surface area contributed by atoms with Crippen LogP contribution in [0.1, 0.15) is 51.1 Å². The lowest BCUT2D eigenvalue weighted by molar-refractivity contribution is -0.123. The van der Waals surface area contributed by atoms with Gasteiger partial charge >= 0.3 is 0 Å². The van der Waals surface area contributed by atoms with Gasteiger partial charge in [0.05, 0.1) is 12.6 Å². The Hall–Kier alpha value is -1.55. The fraction of sp³-hybridized carbons (Fsp3) is 0.588. The maximum Gasteiger partial charge on any atom is 0.236 e. The van der Waals surface area contributed by atoms with Crippen LogP contribution in [-0.4, -0.2) is 25.1 Å². The summed E-state index contributed by atoms with van der Waals surface area (Å²) in [5.74, 6) is 1.01. The Bertz CT molecular complexity index is 462. The number of hydrogen-bond acceptors (Lipinski definition) is 3. The molecule has 116 valence electrons. The van der Waals surface area contributed by atoms with E-state index in [0.717, 1.165) is 37.1 Å². The van der Waals surface area contributed by atoms with Gasteiger partial charge in [-0.05, 0) is 19.4 Å². The maximum absolute atomic E-state index is 12.1. The molecule has 0 radical (unpaired) electrons. The highest BCUT2D eigenvalue weighted by molar-refractivity contribution is 5.81. The fourth-order valence-electron chi connectivity index (χ4n) is 2.63. The number of benzene rings is 1. The van der Waals surface area contributed by atoms with E-state index in [9.17, 15) is 4.79 Å². The van der Waals surface area contributed by atoms with Crippen molar-refractivity contribution in [1.82, 2.24) is 10.6 Å². The number of amides is 1. The van der Waals surface area contributed by atoms with E-state index in [-0.39, 0.29) is 18.0 Å². The highest BCUT2D eigenvalue weighted by Gasteiger charge is 2.24. The molecule has 2 rings (SSSR count). The molecule has 4 nitrogen and oxygen atoms in total. The van der Waals surface area contributed by atoms with Gasteiger partial charge in [0, 0.05) is 24.6 Å². The molecule has 1 heterocycles. The third kappa shape index (κ3) is 4.46. The Morgan fingerprint density at radius 2 is 2.19 bits per heavy atom. The van der Waals surface area contributed by atoms with Crippen molar-refractivity contribution < 1.29 is 9.53 Å². The van der Waals surface area contributed by atoms with E-state index in [1.807, 2.05) is 25.1 Å². The second-order valence-electron chi connectivity index (χ2n) is 5.61. The molecule has 1 aromatic rings. The second-order valence-corrected chi connectivity index (χ2v) is 5.61. The molecular weight excluding hydrogens is 264 g/mol. The highest BCUT2D eigenvalue weighted by atomic mass is 16.5. The topological polar surface area (TPSA) is 50.4 Å². The van der Waals surface area contributed by atoms with Gasteiger partial charge < -0.3 is 10.1 Å². The van der Waals surface area contributed by atoms with Crippen molar-refractivity contribution in [2.45, 2.75) is 51.6 Å². The van der Waals surface area contributed by atoms with Crippen LogP contribution in [-0.2, 0) is 4.79 Å². The normalized spacial score (nSPS) is 18.5. The Kier molecular flexibility index (Phi) is 6.05. The van der Waals surface area contributed by atoms with E-state index in [1.54, 1.807) is 0 Å². The van der Waals surface area contributed by atoms with Crippen LogP contribution < -0.4 is 15.4 Å². The first-order chi connectivity index (χ1) is 10.2. The third-order valence-electron chi connectivity index (χ3n) is 3.88. The molecule has 0 fully saturated rings. The number of fused-ring (bicyclic) bond motifs is 1. The first-order valence-electron chi connectivity index (χ1n) is 7.98. The van der Waals surface area contributed by atoms with E-state index in [1.165, 1.54) is 6.42 Å². The molecule has 21 heavy (non-hydrogen) atoms. The van der Waals surface area contributed by atoms with Gasteiger partial charge in [-0.25, -0.2) is 0 Å². The van der Waals surface area contributed by atoms with Crippen molar-refractivity contribution in [3.05, 3.63) is 29.8 Å². The van der Waals surface area contributed by atoms with Gasteiger partial charge in [-0.1, -0.05) is 38.0 Å². The predicted molar refractivity (Wildman–Crippen MR) is 84.4 cm³/mol. The summed E-state index contributed by atoms with van der Waals surface area (Å²) in [6.45, 7) is 5.55. The zero-order valence-corrected chi connectivity index (χ0v) is 13.0. The van der Waals surface area contributed by atoms with Crippen LogP contribution in [0.25, 0.3) is 0 Å². The molecular formula is C17H26N2O2. The lowest BCUT2D eigenvalue weighted by Gasteiger charge is -2.29. The zero-order valence-electron chi connectivity index (χ0n) is 13.0. The summed E-state index contributed by atoms with van der Waals surface area (Å²) in [6, 6.07) is 8.04. The van der Waals surface area contributed by atoms with E-state index in [0.29, 0.717) is 6.61 Å². The minimum absolute atomic E-state index is 0.0788. The number of hydrogen-bond donors (Lipinski definition) is 2. The summed E-state index contributed by atoms with van der Waals surface area (Å²) in [6.07, 6.45) is 4.28. The quantitative estimate of drug-likeness (QED) is 0.759. The average Bonchev–Trinajstić information content (AvgIpc) is 2.51. The molecule has 2 atom stereocenters. The molecule has 2 N–H and O–H groups in total. The van der Waals surface area contributed by atoms with Crippen molar-refractivity contribution in [3.63, 3.8) is 0 Å². The number of para-hydroxylation sites is 1. The van der Waals surface area contributed by atoms with E-state index >= 15 is 0 Å². The first-order valence-corrected chi connectivity index (χ1v) is 7.98. The third-order valence-corrected chi connectivity index (χ3v) is 3.88. The minimum Gasteiger partial charge on any atom is -0.493 e. The van der Waals surface area contributed by atoms with E-state index in [4.69, 9.17) is 4.74 Å². The van der Waals surface area contributed by atoms with Gasteiger partial charge in [0.1, 0.15) is 5.75 Å². The SMILES string of the molecule is CCCCCNC(=O)C(C)NC1CCOc2ccccc21. The summed E-state index contributed by atoms with van der Waals surface area (Å²) in [5, 5.41) is 6.42. The van der Waals surface area contributed by atoms with Crippen molar-refractivity contribution in [1.29, 1.82) is 0 Å². The van der Waals surface area contributed by atoms with Crippen molar-refractivity contribution in [3.8, 4) is 5.75 Å². The highest BCUT2D eigenvalue weighted by Crippen LogP contribution is 2.31. The first kappa shape index (κ1) is 15.8. The fourth-order valence-corrected chi connectivity index (χ4v) is 2.63. The lowest BCUT2D eigenvalue weighted by atomic mass is 10.00. The van der Waals surface area contributed by atoms with Crippen molar-refractivity contribution in [2.75, 3.05) is 13.2 Å². The average molecular weight is 290 g/mol. The largest absolute Gasteiger partial charge is 0.493 e. The maximum atomic E-state index is 12.1. The number of ether oxygens (including phenoxy) is 1. The van der Waals surface area contributed by atoms with Crippen LogP contribution in [0, 0.1) is 0 Å². The van der Waals surface area contributed by atoms with Crippen molar-refractivity contribution in [2.24, 2.45) is 0 Å². The zero-order chi connectivity index (χ0) is 15.1. The van der Waals surface area contributed by atoms with Crippen LogP contribution in [0.15, 0.2) is 24.3 Å². The Labute approximate surface area is 127 Å². The summed E-state index contributed by atoms with van der Waals surface area (Å²) >= 11 is 0. The number of carbonyl (C=O) groups excluding carboxylic acids is 1. The van der Waals surface area contributed by atoms with Crippen LogP contribution in [0.3, 0.4) is 0 Å². The molecule has 0 bridgehead atoms. The monoisotopic (exact) mass is 290 g/mol. The minimum atomic E-state index is -0.192. The Balaban J connectivity index is 1.85. The molecule has 0 aliphatic carbocycles. The van der Waals surface area contributed by atoms with Crippen LogP contribution in [0.2, 0.25) is 0 Å². The number of carbonyl (C=O) groups is 1. The summed E-state index contributed by atoms with van der Waals surface area (Å²) < 4.78 is 5.65. The van der Waals surface area contributed by atoms with Gasteiger partial charge in [-0.15, -0.1) is 0 Å². The molecule has 1 aromatic carbocycles. The smallest absolute Gasteiger partial charge is 0.236 e. The molecule has 0 saturated heterocycles. The summed E-state index contributed by atoms with van der Waals surface area (Å²) in [5.41, 5.74) is 1.15. The standard InChI is InChI=1S/C17H26N2O2/c1-3-4-7-11-18-17(20)13(2)19-15-10-12-21-16-9-6-5-8-14(15)16/h5-6,8-9,13,15,19H,3-4,7,10-12H2,1-2H3,(H,18,20). The van der Waals surface area contributed by atoms with Crippen LogP contribution >= 0.6 is 0 Å². The summed E-state index contributed by atoms with van der Waals surface area (Å²) in [4.78, 5) is 12.1. The van der Waals surface area contributed by atoms with Gasteiger partial charge in [-0.2, -0.15) is 0 Å². The van der Waals surface area contributed by atoms with Crippen LogP contribution in [0.4, 0.5) is 0 Å². The molecule has 0 spiro atoms. The number of unbranched alkanes of at least 4 members (excludes halogenated alkanes) is 2. The molecule has 2 unspecified atom stereocenters. The van der Waals surface area contributed by atoms with Gasteiger partial charge in [0.15, 0.2) is 0 Å². The Morgan fingerprint density at radius 3 is 3.00 bits per heavy atom. The second kappa shape index (κ2) is 8.03. The molecule has 4 heteroatoms. The number of nitrogens with one attached hydrogen (secondary N) is 2. The van der Waals surface area contributed by atoms with Crippen molar-refractivity contribution >= 4 is 5.91 Å². The number of rotatable bonds is 7. The van der Waals surface area contributed by atoms with Crippen LogP contribution in [0.5, 0.6) is 5.75 Å². The molecule has 0 saturated carbocycles. The van der Waals surface area contributed by atoms with Gasteiger partial charge in [0.25, 0.3) is 0 Å². The van der Waals surface area contributed by atoms with E-state index in [2.05, 4.69) is 23.6 Å². The lowest BCUT2D eigenvalue weighted by Crippen LogP contribution is -2.44. The molecule has 1 aliphatic heterocycles. The molecule has 1 amide bonds. The summed E-state index contributed by atoms with van der Waals surface area (Å²) in [7, 11) is 0. The molecule has 0 aromatic heterocycles.